The third-order valence-electron chi connectivity index (χ3n) is 2.72. The number of hydrogen-bond donors (Lipinski definition) is 2. The average Bonchev–Trinajstić information content (AvgIpc) is 2.38. The highest BCUT2D eigenvalue weighted by atomic mass is 32.2. The monoisotopic (exact) mass is 291 g/mol. The molecule has 0 fully saturated rings. The van der Waals surface area contributed by atoms with Crippen molar-refractivity contribution >= 4 is 11.8 Å². The van der Waals surface area contributed by atoms with Gasteiger partial charge in [-0.25, -0.2) is 9.97 Å². The lowest BCUT2D eigenvalue weighted by atomic mass is 10.2. The molecule has 0 amide bonds. The zero-order valence-corrected chi connectivity index (χ0v) is 12.3. The van der Waals surface area contributed by atoms with Crippen molar-refractivity contribution in [2.24, 2.45) is 0 Å². The van der Waals surface area contributed by atoms with Gasteiger partial charge in [-0.3, -0.25) is 4.79 Å². The summed E-state index contributed by atoms with van der Waals surface area (Å²) in [6.45, 7) is 3.73. The third-order valence-corrected chi connectivity index (χ3v) is 3.64. The Bertz CT molecular complexity index is 640. The van der Waals surface area contributed by atoms with E-state index in [0.29, 0.717) is 10.2 Å². The molecule has 20 heavy (non-hydrogen) atoms. The number of pyridine rings is 1. The smallest absolute Gasteiger partial charge is 0.251 e. The number of aryl methyl sites for hydroxylation is 1. The van der Waals surface area contributed by atoms with Gasteiger partial charge in [0.15, 0.2) is 5.16 Å². The summed E-state index contributed by atoms with van der Waals surface area (Å²) in [6.07, 6.45) is 2.74. The van der Waals surface area contributed by atoms with Gasteiger partial charge in [-0.15, -0.1) is 0 Å². The number of aromatic nitrogens is 3. The molecule has 0 saturated heterocycles. The van der Waals surface area contributed by atoms with Crippen molar-refractivity contribution in [3.8, 4) is 0 Å². The fraction of sp³-hybridized carbons (Fsp3) is 0.357. The Hall–Kier alpha value is -1.66. The molecule has 0 spiro atoms. The molecule has 0 saturated carbocycles. The minimum absolute atomic E-state index is 0.166. The van der Waals surface area contributed by atoms with Crippen LogP contribution in [0.15, 0.2) is 39.4 Å². The number of nitrogens with one attached hydrogen (secondary N) is 1. The highest BCUT2D eigenvalue weighted by molar-refractivity contribution is 7.99. The molecule has 1 atom stereocenters. The summed E-state index contributed by atoms with van der Waals surface area (Å²) in [6, 6.07) is 5.10. The lowest BCUT2D eigenvalue weighted by Crippen LogP contribution is -2.10. The topological polar surface area (TPSA) is 78.9 Å². The molecule has 2 heterocycles. The van der Waals surface area contributed by atoms with Crippen LogP contribution >= 0.6 is 11.8 Å². The van der Waals surface area contributed by atoms with Gasteiger partial charge in [-0.1, -0.05) is 19.4 Å². The summed E-state index contributed by atoms with van der Waals surface area (Å²) in [7, 11) is 0. The summed E-state index contributed by atoms with van der Waals surface area (Å²) in [4.78, 5) is 23.0. The van der Waals surface area contributed by atoms with Crippen LogP contribution in [-0.2, 0) is 6.42 Å². The van der Waals surface area contributed by atoms with E-state index in [-0.39, 0.29) is 5.56 Å². The lowest BCUT2D eigenvalue weighted by Gasteiger charge is -2.09. The van der Waals surface area contributed by atoms with Gasteiger partial charge in [-0.2, -0.15) is 0 Å². The molecular weight excluding hydrogens is 274 g/mol. The van der Waals surface area contributed by atoms with Crippen molar-refractivity contribution in [2.75, 3.05) is 0 Å². The minimum atomic E-state index is -0.614. The van der Waals surface area contributed by atoms with Crippen LogP contribution in [0.4, 0.5) is 0 Å². The highest BCUT2D eigenvalue weighted by Crippen LogP contribution is 2.28. The van der Waals surface area contributed by atoms with Crippen LogP contribution in [0.1, 0.15) is 37.6 Å². The van der Waals surface area contributed by atoms with E-state index in [2.05, 4.69) is 15.0 Å². The van der Waals surface area contributed by atoms with Crippen molar-refractivity contribution in [2.45, 2.75) is 43.0 Å². The molecule has 0 radical (unpaired) electrons. The van der Waals surface area contributed by atoms with Crippen molar-refractivity contribution in [3.05, 3.63) is 46.0 Å². The van der Waals surface area contributed by atoms with E-state index in [1.54, 1.807) is 19.2 Å². The standard InChI is InChI=1S/C14H17N3O2S/c1-3-5-10-8-12(19)17-14(16-10)20-13-11(9(2)18)6-4-7-15-13/h4,6-9,18H,3,5H2,1-2H3,(H,16,17,19)/t9-/m1/s1. The molecule has 106 valence electrons. The molecule has 2 N–H and O–H groups in total. The molecule has 0 aliphatic carbocycles. The minimum Gasteiger partial charge on any atom is -0.389 e. The Kier molecular flexibility index (Phi) is 4.92. The van der Waals surface area contributed by atoms with Gasteiger partial charge in [0, 0.05) is 23.5 Å². The van der Waals surface area contributed by atoms with E-state index in [1.165, 1.54) is 17.8 Å². The van der Waals surface area contributed by atoms with Gasteiger partial charge in [0.2, 0.25) is 0 Å². The zero-order chi connectivity index (χ0) is 14.5. The molecule has 2 aromatic rings. The predicted molar refractivity (Wildman–Crippen MR) is 77.8 cm³/mol. The van der Waals surface area contributed by atoms with Crippen LogP contribution in [0, 0.1) is 0 Å². The molecule has 0 bridgehead atoms. The van der Waals surface area contributed by atoms with Gasteiger partial charge in [0.25, 0.3) is 5.56 Å². The molecule has 0 unspecified atom stereocenters. The van der Waals surface area contributed by atoms with Crippen molar-refractivity contribution in [3.63, 3.8) is 0 Å². The third kappa shape index (κ3) is 3.68. The molecule has 6 heteroatoms. The van der Waals surface area contributed by atoms with E-state index in [9.17, 15) is 9.90 Å². The van der Waals surface area contributed by atoms with Crippen LogP contribution in [0.2, 0.25) is 0 Å². The maximum atomic E-state index is 11.6. The fourth-order valence-corrected chi connectivity index (χ4v) is 2.78. The first-order valence-electron chi connectivity index (χ1n) is 6.51. The number of nitrogens with zero attached hydrogens (tertiary/aromatic N) is 2. The first-order valence-corrected chi connectivity index (χ1v) is 7.33. The molecule has 0 aliphatic heterocycles. The van der Waals surface area contributed by atoms with E-state index in [4.69, 9.17) is 0 Å². The number of H-pyrrole nitrogens is 1. The summed E-state index contributed by atoms with van der Waals surface area (Å²) < 4.78 is 0. The maximum absolute atomic E-state index is 11.6. The second-order valence-electron chi connectivity index (χ2n) is 4.47. The number of hydrogen-bond acceptors (Lipinski definition) is 5. The van der Waals surface area contributed by atoms with Gasteiger partial charge in [0.1, 0.15) is 5.03 Å². The molecule has 2 rings (SSSR count). The molecule has 2 aromatic heterocycles. The van der Waals surface area contributed by atoms with Crippen molar-refractivity contribution in [1.29, 1.82) is 0 Å². The summed E-state index contributed by atoms with van der Waals surface area (Å²) in [5.41, 5.74) is 1.33. The number of aromatic amines is 1. The number of aliphatic hydroxyl groups is 1. The van der Waals surface area contributed by atoms with E-state index in [0.717, 1.165) is 24.1 Å². The Labute approximate surface area is 121 Å². The first kappa shape index (κ1) is 14.7. The van der Waals surface area contributed by atoms with Gasteiger partial charge in [0.05, 0.1) is 6.10 Å². The van der Waals surface area contributed by atoms with Gasteiger partial charge >= 0.3 is 0 Å². The Morgan fingerprint density at radius 3 is 3.00 bits per heavy atom. The molecular formula is C14H17N3O2S. The Balaban J connectivity index is 2.32. The first-order chi connectivity index (χ1) is 9.60. The Morgan fingerprint density at radius 1 is 1.50 bits per heavy atom. The molecule has 0 aliphatic rings. The van der Waals surface area contributed by atoms with E-state index >= 15 is 0 Å². The second-order valence-corrected chi connectivity index (χ2v) is 5.45. The van der Waals surface area contributed by atoms with Gasteiger partial charge < -0.3 is 10.1 Å². The van der Waals surface area contributed by atoms with E-state index < -0.39 is 6.10 Å². The SMILES string of the molecule is CCCc1cc(=O)[nH]c(Sc2ncccc2[C@@H](C)O)n1. The van der Waals surface area contributed by atoms with Crippen LogP contribution in [-0.4, -0.2) is 20.1 Å². The number of aliphatic hydroxyl groups excluding tert-OH is 1. The maximum Gasteiger partial charge on any atom is 0.251 e. The van der Waals surface area contributed by atoms with Crippen LogP contribution in [0.3, 0.4) is 0 Å². The molecule has 5 nitrogen and oxygen atoms in total. The normalized spacial score (nSPS) is 12.3. The van der Waals surface area contributed by atoms with Gasteiger partial charge in [-0.05, 0) is 31.2 Å². The average molecular weight is 291 g/mol. The summed E-state index contributed by atoms with van der Waals surface area (Å²) in [5, 5.41) is 10.9. The van der Waals surface area contributed by atoms with Crippen molar-refractivity contribution < 1.29 is 5.11 Å². The van der Waals surface area contributed by atoms with Crippen molar-refractivity contribution in [1.82, 2.24) is 15.0 Å². The highest BCUT2D eigenvalue weighted by Gasteiger charge is 2.12. The zero-order valence-electron chi connectivity index (χ0n) is 11.5. The van der Waals surface area contributed by atoms with E-state index in [1.807, 2.05) is 13.0 Å². The molecule has 0 aromatic carbocycles. The van der Waals surface area contributed by atoms with Crippen LogP contribution < -0.4 is 5.56 Å². The summed E-state index contributed by atoms with van der Waals surface area (Å²) >= 11 is 1.26. The van der Waals surface area contributed by atoms with Crippen LogP contribution in [0.25, 0.3) is 0 Å². The summed E-state index contributed by atoms with van der Waals surface area (Å²) in [5.74, 6) is 0. The quantitative estimate of drug-likeness (QED) is 0.827. The lowest BCUT2D eigenvalue weighted by molar-refractivity contribution is 0.195. The fourth-order valence-electron chi connectivity index (χ4n) is 1.81. The second kappa shape index (κ2) is 6.67. The predicted octanol–water partition coefficient (Wildman–Crippen LogP) is 2.32. The largest absolute Gasteiger partial charge is 0.389 e. The Morgan fingerprint density at radius 2 is 2.30 bits per heavy atom. The van der Waals surface area contributed by atoms with Crippen LogP contribution in [0.5, 0.6) is 0 Å². The number of rotatable bonds is 5.